The van der Waals surface area contributed by atoms with Crippen LogP contribution in [0.25, 0.3) is 5.73 Å². The Morgan fingerprint density at radius 2 is 1.77 bits per heavy atom. The highest BCUT2D eigenvalue weighted by Crippen LogP contribution is 2.43. The minimum atomic E-state index is -2.98. The third-order valence-corrected chi connectivity index (χ3v) is 7.65. The van der Waals surface area contributed by atoms with Gasteiger partial charge in [0.15, 0.2) is 0 Å². The highest BCUT2D eigenvalue weighted by Gasteiger charge is 2.49. The van der Waals surface area contributed by atoms with Crippen LogP contribution < -0.4 is 15.0 Å². The summed E-state index contributed by atoms with van der Waals surface area (Å²) in [6.45, 7) is 3.20. The van der Waals surface area contributed by atoms with Gasteiger partial charge in [-0.3, -0.25) is 9.59 Å². The third-order valence-electron chi connectivity index (χ3n) is 7.65. The number of anilines is 1. The van der Waals surface area contributed by atoms with Crippen molar-refractivity contribution < 1.29 is 33.0 Å². The van der Waals surface area contributed by atoms with Crippen LogP contribution in [0.1, 0.15) is 58.3 Å². The zero-order valence-electron chi connectivity index (χ0n) is 22.3. The van der Waals surface area contributed by atoms with Crippen molar-refractivity contribution in [2.75, 3.05) is 31.6 Å². The Balaban J connectivity index is 0.000000224. The van der Waals surface area contributed by atoms with Gasteiger partial charge in [0.05, 0.1) is 18.6 Å². The lowest BCUT2D eigenvalue weighted by Gasteiger charge is -2.36. The van der Waals surface area contributed by atoms with E-state index in [9.17, 15) is 23.2 Å². The maximum Gasteiger partial charge on any atom is 0.407 e. The van der Waals surface area contributed by atoms with Gasteiger partial charge in [0.1, 0.15) is 11.3 Å². The van der Waals surface area contributed by atoms with E-state index in [0.717, 1.165) is 17.9 Å². The van der Waals surface area contributed by atoms with Crippen molar-refractivity contribution in [3.05, 3.63) is 30.0 Å². The van der Waals surface area contributed by atoms with E-state index < -0.39 is 35.9 Å². The quantitative estimate of drug-likeness (QED) is 0.485. The number of benzene rings is 1. The number of rotatable bonds is 8. The van der Waals surface area contributed by atoms with Crippen molar-refractivity contribution in [2.24, 2.45) is 5.41 Å². The lowest BCUT2D eigenvalue weighted by atomic mass is 9.77. The van der Waals surface area contributed by atoms with Gasteiger partial charge in [-0.2, -0.15) is 5.26 Å². The molecule has 4 rings (SSSR count). The van der Waals surface area contributed by atoms with Crippen LogP contribution in [0.5, 0.6) is 5.75 Å². The van der Waals surface area contributed by atoms with Gasteiger partial charge >= 0.3 is 6.09 Å². The highest BCUT2D eigenvalue weighted by molar-refractivity contribution is 6.00. The predicted octanol–water partition coefficient (Wildman–Crippen LogP) is 4.60. The first-order chi connectivity index (χ1) is 18.4. The smallest absolute Gasteiger partial charge is 0.407 e. The second-order valence-electron chi connectivity index (χ2n) is 10.5. The largest absolute Gasteiger partial charge is 0.667 e. The molecule has 3 fully saturated rings. The number of halogens is 2. The van der Waals surface area contributed by atoms with Crippen molar-refractivity contribution in [3.8, 4) is 11.8 Å². The molecule has 0 bridgehead atoms. The number of methoxy groups -OCH3 is 1. The molecule has 1 aliphatic carbocycles. The number of carbonyl (C=O) groups excluding carboxylic acids is 2. The van der Waals surface area contributed by atoms with Crippen molar-refractivity contribution in [3.63, 3.8) is 0 Å². The van der Waals surface area contributed by atoms with Crippen LogP contribution in [0, 0.1) is 16.7 Å². The third kappa shape index (κ3) is 7.35. The number of likely N-dealkylation sites (tertiary alicyclic amines) is 1. The van der Waals surface area contributed by atoms with Gasteiger partial charge in [0.2, 0.25) is 17.7 Å². The molecule has 1 aromatic rings. The molecular weight excluding hydrogens is 512 g/mol. The molecular formula is C27H36F2N5O5-. The number of carbonyl (C=O) groups is 3. The van der Waals surface area contributed by atoms with Crippen molar-refractivity contribution in [1.29, 1.82) is 5.26 Å². The fourth-order valence-corrected chi connectivity index (χ4v) is 4.99. The summed E-state index contributed by atoms with van der Waals surface area (Å²) in [6.07, 6.45) is 1.41. The first kappa shape index (κ1) is 30.1. The summed E-state index contributed by atoms with van der Waals surface area (Å²) in [6, 6.07) is 7.89. The van der Waals surface area contributed by atoms with Crippen LogP contribution in [0.2, 0.25) is 0 Å². The molecule has 1 atom stereocenters. The van der Waals surface area contributed by atoms with Gasteiger partial charge in [-0.25, -0.2) is 13.6 Å². The maximum atomic E-state index is 13.2. The first-order valence-corrected chi connectivity index (χ1v) is 13.2. The van der Waals surface area contributed by atoms with Crippen LogP contribution >= 0.6 is 0 Å². The zero-order valence-corrected chi connectivity index (χ0v) is 22.3. The number of nitriles is 1. The van der Waals surface area contributed by atoms with Crippen LogP contribution in [-0.4, -0.2) is 72.2 Å². The molecule has 3 amide bonds. The molecule has 39 heavy (non-hydrogen) atoms. The maximum absolute atomic E-state index is 13.2. The summed E-state index contributed by atoms with van der Waals surface area (Å²) in [5.74, 6) is -2.87. The summed E-state index contributed by atoms with van der Waals surface area (Å²) < 4.78 is 31.5. The van der Waals surface area contributed by atoms with Gasteiger partial charge in [-0.1, -0.05) is 19.4 Å². The van der Waals surface area contributed by atoms with Crippen LogP contribution in [0.15, 0.2) is 24.3 Å². The Bertz CT molecular complexity index is 1080. The van der Waals surface area contributed by atoms with Crippen LogP contribution in [0.4, 0.5) is 19.3 Å². The highest BCUT2D eigenvalue weighted by atomic mass is 19.3. The second kappa shape index (κ2) is 12.2. The Labute approximate surface area is 227 Å². The molecule has 2 heterocycles. The zero-order chi connectivity index (χ0) is 28.8. The number of nitrogens with one attached hydrogen (secondary N) is 2. The number of hydrogen-bond donors (Lipinski definition) is 2. The van der Waals surface area contributed by atoms with Crippen molar-refractivity contribution >= 4 is 23.6 Å². The van der Waals surface area contributed by atoms with E-state index in [1.807, 2.05) is 35.2 Å². The summed E-state index contributed by atoms with van der Waals surface area (Å²) in [5.41, 5.74) is 7.00. The molecule has 10 nitrogen and oxygen atoms in total. The number of piperidine rings is 1. The Kier molecular flexibility index (Phi) is 9.38. The fraction of sp³-hybridized carbons (Fsp3) is 0.630. The predicted molar refractivity (Wildman–Crippen MR) is 140 cm³/mol. The van der Waals surface area contributed by atoms with Crippen molar-refractivity contribution in [1.82, 2.24) is 10.2 Å². The van der Waals surface area contributed by atoms with Gasteiger partial charge in [-0.15, -0.1) is 0 Å². The molecule has 1 spiro atoms. The summed E-state index contributed by atoms with van der Waals surface area (Å²) in [5, 5.41) is 20.1. The number of amides is 3. The SMILES string of the molecule is CCCC(F)(F)C[C@H]([NH-])C(=O)NC1(C#N)CC1.COc1ccc(N2CCC3(CCN(C(=O)O)CC3)C2=O)cc1. The van der Waals surface area contributed by atoms with E-state index >= 15 is 0 Å². The van der Waals surface area contributed by atoms with E-state index in [-0.39, 0.29) is 17.7 Å². The molecule has 12 heteroatoms. The minimum Gasteiger partial charge on any atom is -0.667 e. The lowest BCUT2D eigenvalue weighted by molar-refractivity contribution is -0.127. The molecule has 214 valence electrons. The average molecular weight is 549 g/mol. The summed E-state index contributed by atoms with van der Waals surface area (Å²) >= 11 is 0. The molecule has 2 aliphatic heterocycles. The van der Waals surface area contributed by atoms with E-state index in [2.05, 4.69) is 5.32 Å². The molecule has 0 unspecified atom stereocenters. The Hall–Kier alpha value is -3.46. The summed E-state index contributed by atoms with van der Waals surface area (Å²) in [7, 11) is 1.61. The number of hydrogen-bond acceptors (Lipinski definition) is 5. The standard InChI is InChI=1S/C16H20N2O4.C11H16F2N3O/c1-22-13-4-2-12(3-5-13)18-11-8-16(14(18)19)6-9-17(10-7-16)15(20)21;1-2-3-11(12,13)6-8(15)9(17)16-10(7-14)4-5-10/h2-5H,6-11H2,1H3,(H,20,21);8,15H,2-6H2,1H3,(H,16,17)/q;-1/t;8-/m.0/s1. The molecule has 1 aromatic carbocycles. The molecule has 1 saturated carbocycles. The number of carboxylic acid groups (broad SMARTS) is 1. The topological polar surface area (TPSA) is 147 Å². The van der Waals surface area contributed by atoms with Gasteiger partial charge < -0.3 is 30.7 Å². The monoisotopic (exact) mass is 548 g/mol. The Morgan fingerprint density at radius 1 is 1.18 bits per heavy atom. The molecule has 3 aliphatic rings. The Morgan fingerprint density at radius 3 is 2.26 bits per heavy atom. The van der Waals surface area contributed by atoms with Gasteiger partial charge in [0, 0.05) is 38.2 Å². The van der Waals surface area contributed by atoms with Crippen molar-refractivity contribution in [2.45, 2.75) is 75.8 Å². The molecule has 2 saturated heterocycles. The molecule has 0 radical (unpaired) electrons. The van der Waals surface area contributed by atoms with E-state index in [1.54, 1.807) is 14.0 Å². The lowest BCUT2D eigenvalue weighted by Crippen LogP contribution is -2.46. The van der Waals surface area contributed by atoms with E-state index in [0.29, 0.717) is 51.7 Å². The van der Waals surface area contributed by atoms with E-state index in [1.165, 1.54) is 4.90 Å². The summed E-state index contributed by atoms with van der Waals surface area (Å²) in [4.78, 5) is 38.5. The fourth-order valence-electron chi connectivity index (χ4n) is 4.99. The molecule has 3 N–H and O–H groups in total. The minimum absolute atomic E-state index is 0.128. The van der Waals surface area contributed by atoms with Crippen LogP contribution in [-0.2, 0) is 9.59 Å². The normalized spacial score (nSPS) is 19.9. The number of alkyl halides is 2. The van der Waals surface area contributed by atoms with Gasteiger partial charge in [-0.05, 0) is 56.4 Å². The van der Waals surface area contributed by atoms with E-state index in [4.69, 9.17) is 20.8 Å². The van der Waals surface area contributed by atoms with Gasteiger partial charge in [0.25, 0.3) is 0 Å². The molecule has 0 aromatic heterocycles. The number of nitrogens with zero attached hydrogens (tertiary/aromatic N) is 3. The second-order valence-corrected chi connectivity index (χ2v) is 10.5. The average Bonchev–Trinajstić information content (AvgIpc) is 3.62. The number of ether oxygens (including phenoxy) is 1. The van der Waals surface area contributed by atoms with Crippen LogP contribution in [0.3, 0.4) is 0 Å². The first-order valence-electron chi connectivity index (χ1n) is 13.2.